The van der Waals surface area contributed by atoms with Crippen molar-refractivity contribution in [2.24, 2.45) is 0 Å². The quantitative estimate of drug-likeness (QED) is 0.870. The van der Waals surface area contributed by atoms with Gasteiger partial charge >= 0.3 is 0 Å². The second kappa shape index (κ2) is 6.56. The van der Waals surface area contributed by atoms with Crippen LogP contribution in [-0.2, 0) is 11.3 Å². The Morgan fingerprint density at radius 3 is 2.55 bits per heavy atom. The van der Waals surface area contributed by atoms with Crippen LogP contribution in [0.2, 0.25) is 0 Å². The summed E-state index contributed by atoms with van der Waals surface area (Å²) in [4.78, 5) is 23.7. The van der Waals surface area contributed by atoms with Crippen LogP contribution in [0, 0.1) is 0 Å². The van der Waals surface area contributed by atoms with Crippen LogP contribution in [0.1, 0.15) is 23.0 Å². The molecule has 0 fully saturated rings. The summed E-state index contributed by atoms with van der Waals surface area (Å²) in [5, 5.41) is 5.34. The van der Waals surface area contributed by atoms with E-state index in [4.69, 9.17) is 4.42 Å². The van der Waals surface area contributed by atoms with Gasteiger partial charge in [-0.15, -0.1) is 0 Å². The average Bonchev–Trinajstić information content (AvgIpc) is 2.98. The van der Waals surface area contributed by atoms with E-state index in [2.05, 4.69) is 10.6 Å². The molecule has 1 aromatic carbocycles. The maximum absolute atomic E-state index is 11.9. The highest BCUT2D eigenvalue weighted by Crippen LogP contribution is 2.00. The molecule has 2 amide bonds. The average molecular weight is 272 g/mol. The summed E-state index contributed by atoms with van der Waals surface area (Å²) in [6, 6.07) is 11.7. The van der Waals surface area contributed by atoms with Crippen LogP contribution in [0.25, 0.3) is 0 Å². The van der Waals surface area contributed by atoms with Crippen molar-refractivity contribution in [3.63, 3.8) is 0 Å². The Balaban J connectivity index is 1.83. The number of amides is 2. The highest BCUT2D eigenvalue weighted by molar-refractivity contribution is 5.97. The molecule has 5 heteroatoms. The normalized spacial score (nSPS) is 11.7. The summed E-state index contributed by atoms with van der Waals surface area (Å²) >= 11 is 0. The van der Waals surface area contributed by atoms with Gasteiger partial charge < -0.3 is 15.1 Å². The van der Waals surface area contributed by atoms with Crippen molar-refractivity contribution in [3.8, 4) is 0 Å². The molecule has 2 aromatic rings. The van der Waals surface area contributed by atoms with Crippen LogP contribution in [0.15, 0.2) is 53.1 Å². The van der Waals surface area contributed by atoms with Gasteiger partial charge in [0.15, 0.2) is 0 Å². The summed E-state index contributed by atoms with van der Waals surface area (Å²) in [7, 11) is 0. The molecule has 0 spiro atoms. The lowest BCUT2D eigenvalue weighted by atomic mass is 10.2. The fraction of sp³-hybridized carbons (Fsp3) is 0.200. The van der Waals surface area contributed by atoms with Gasteiger partial charge in [0.2, 0.25) is 5.91 Å². The van der Waals surface area contributed by atoms with Crippen molar-refractivity contribution in [3.05, 3.63) is 60.1 Å². The molecule has 2 rings (SSSR count). The number of hydrogen-bond donors (Lipinski definition) is 2. The lowest BCUT2D eigenvalue weighted by Crippen LogP contribution is -2.44. The molecule has 20 heavy (non-hydrogen) atoms. The number of benzene rings is 1. The first-order valence-corrected chi connectivity index (χ1v) is 6.33. The minimum atomic E-state index is -0.613. The number of furan rings is 1. The zero-order chi connectivity index (χ0) is 14.4. The third-order valence-corrected chi connectivity index (χ3v) is 2.79. The maximum atomic E-state index is 11.9. The third kappa shape index (κ3) is 3.71. The largest absolute Gasteiger partial charge is 0.467 e. The fourth-order valence-electron chi connectivity index (χ4n) is 1.68. The standard InChI is InChI=1S/C15H16N2O3/c1-11(14(18)16-10-13-8-5-9-20-13)17-15(19)12-6-3-2-4-7-12/h2-9,11H,10H2,1H3,(H,16,18)(H,17,19)/t11-/m0/s1. The van der Waals surface area contributed by atoms with Crippen LogP contribution in [-0.4, -0.2) is 17.9 Å². The molecular weight excluding hydrogens is 256 g/mol. The molecule has 1 atom stereocenters. The molecule has 0 unspecified atom stereocenters. The van der Waals surface area contributed by atoms with E-state index in [1.807, 2.05) is 6.07 Å². The van der Waals surface area contributed by atoms with Crippen molar-refractivity contribution in [1.82, 2.24) is 10.6 Å². The SMILES string of the molecule is C[C@H](NC(=O)c1ccccc1)C(=O)NCc1ccco1. The first kappa shape index (κ1) is 13.9. The molecule has 0 aliphatic heterocycles. The maximum Gasteiger partial charge on any atom is 0.251 e. The highest BCUT2D eigenvalue weighted by atomic mass is 16.3. The molecule has 0 bridgehead atoms. The van der Waals surface area contributed by atoms with Crippen LogP contribution in [0.4, 0.5) is 0 Å². The highest BCUT2D eigenvalue weighted by Gasteiger charge is 2.16. The van der Waals surface area contributed by atoms with E-state index in [9.17, 15) is 9.59 Å². The zero-order valence-electron chi connectivity index (χ0n) is 11.1. The Bertz CT molecular complexity index is 564. The van der Waals surface area contributed by atoms with Crippen molar-refractivity contribution < 1.29 is 14.0 Å². The smallest absolute Gasteiger partial charge is 0.251 e. The van der Waals surface area contributed by atoms with E-state index in [0.29, 0.717) is 17.9 Å². The predicted octanol–water partition coefficient (Wildman–Crippen LogP) is 1.71. The topological polar surface area (TPSA) is 71.3 Å². The second-order valence-electron chi connectivity index (χ2n) is 4.36. The molecule has 0 saturated heterocycles. The molecule has 0 saturated carbocycles. The van der Waals surface area contributed by atoms with E-state index < -0.39 is 6.04 Å². The Morgan fingerprint density at radius 1 is 1.15 bits per heavy atom. The first-order chi connectivity index (χ1) is 9.66. The Kier molecular flexibility index (Phi) is 4.55. The number of carbonyl (C=O) groups is 2. The molecule has 2 N–H and O–H groups in total. The number of nitrogens with one attached hydrogen (secondary N) is 2. The predicted molar refractivity (Wildman–Crippen MR) is 73.9 cm³/mol. The van der Waals surface area contributed by atoms with Gasteiger partial charge in [-0.1, -0.05) is 18.2 Å². The van der Waals surface area contributed by atoms with Crippen molar-refractivity contribution in [2.45, 2.75) is 19.5 Å². The molecule has 0 radical (unpaired) electrons. The van der Waals surface area contributed by atoms with Gasteiger partial charge in [-0.25, -0.2) is 0 Å². The Labute approximate surface area is 117 Å². The monoisotopic (exact) mass is 272 g/mol. The lowest BCUT2D eigenvalue weighted by molar-refractivity contribution is -0.122. The minimum absolute atomic E-state index is 0.259. The number of hydrogen-bond acceptors (Lipinski definition) is 3. The molecule has 104 valence electrons. The van der Waals surface area contributed by atoms with Crippen LogP contribution in [0.5, 0.6) is 0 Å². The first-order valence-electron chi connectivity index (χ1n) is 6.33. The van der Waals surface area contributed by atoms with Gasteiger partial charge in [0, 0.05) is 5.56 Å². The van der Waals surface area contributed by atoms with Gasteiger partial charge in [0.1, 0.15) is 11.8 Å². The molecule has 0 aliphatic rings. The van der Waals surface area contributed by atoms with E-state index in [1.165, 1.54) is 0 Å². The third-order valence-electron chi connectivity index (χ3n) is 2.79. The van der Waals surface area contributed by atoms with Crippen molar-refractivity contribution in [1.29, 1.82) is 0 Å². The summed E-state index contributed by atoms with van der Waals surface area (Å²) < 4.78 is 5.11. The molecule has 0 aliphatic carbocycles. The van der Waals surface area contributed by atoms with E-state index in [-0.39, 0.29) is 11.8 Å². The van der Waals surface area contributed by atoms with Gasteiger partial charge in [-0.2, -0.15) is 0 Å². The molecular formula is C15H16N2O3. The van der Waals surface area contributed by atoms with E-state index >= 15 is 0 Å². The van der Waals surface area contributed by atoms with Crippen molar-refractivity contribution in [2.75, 3.05) is 0 Å². The summed E-state index contributed by atoms with van der Waals surface area (Å²) in [6.07, 6.45) is 1.54. The van der Waals surface area contributed by atoms with Crippen molar-refractivity contribution >= 4 is 11.8 Å². The fourth-order valence-corrected chi connectivity index (χ4v) is 1.68. The number of carbonyl (C=O) groups excluding carboxylic acids is 2. The summed E-state index contributed by atoms with van der Waals surface area (Å²) in [5.74, 6) is 0.136. The van der Waals surface area contributed by atoms with Gasteiger partial charge in [0.05, 0.1) is 12.8 Å². The van der Waals surface area contributed by atoms with Crippen LogP contribution < -0.4 is 10.6 Å². The molecule has 1 heterocycles. The zero-order valence-corrected chi connectivity index (χ0v) is 11.1. The van der Waals surface area contributed by atoms with Gasteiger partial charge in [-0.3, -0.25) is 9.59 Å². The van der Waals surface area contributed by atoms with E-state index in [0.717, 1.165) is 0 Å². The van der Waals surface area contributed by atoms with E-state index in [1.54, 1.807) is 49.6 Å². The minimum Gasteiger partial charge on any atom is -0.467 e. The lowest BCUT2D eigenvalue weighted by Gasteiger charge is -2.13. The van der Waals surface area contributed by atoms with Gasteiger partial charge in [-0.05, 0) is 31.2 Å². The molecule has 5 nitrogen and oxygen atoms in total. The summed E-state index contributed by atoms with van der Waals surface area (Å²) in [5.41, 5.74) is 0.526. The van der Waals surface area contributed by atoms with Gasteiger partial charge in [0.25, 0.3) is 5.91 Å². The number of rotatable bonds is 5. The van der Waals surface area contributed by atoms with Crippen LogP contribution in [0.3, 0.4) is 0 Å². The second-order valence-corrected chi connectivity index (χ2v) is 4.36. The summed E-state index contributed by atoms with van der Waals surface area (Å²) in [6.45, 7) is 1.94. The van der Waals surface area contributed by atoms with Crippen LogP contribution >= 0.6 is 0 Å². The Hall–Kier alpha value is -2.56. The molecule has 1 aromatic heterocycles. The Morgan fingerprint density at radius 2 is 1.90 bits per heavy atom.